The summed E-state index contributed by atoms with van der Waals surface area (Å²) < 4.78 is 12.5. The highest BCUT2D eigenvalue weighted by Crippen LogP contribution is 2.19. The predicted molar refractivity (Wildman–Crippen MR) is 118 cm³/mol. The van der Waals surface area contributed by atoms with Gasteiger partial charge < -0.3 is 24.8 Å². The highest BCUT2D eigenvalue weighted by molar-refractivity contribution is 5.72. The van der Waals surface area contributed by atoms with E-state index in [1.807, 2.05) is 41.2 Å². The second kappa shape index (κ2) is 12.4. The van der Waals surface area contributed by atoms with Crippen molar-refractivity contribution in [1.29, 1.82) is 0 Å². The fourth-order valence-corrected chi connectivity index (χ4v) is 3.80. The summed E-state index contributed by atoms with van der Waals surface area (Å²) in [6.45, 7) is 5.04. The van der Waals surface area contributed by atoms with E-state index in [0.29, 0.717) is 6.54 Å². The van der Waals surface area contributed by atoms with Gasteiger partial charge in [0.1, 0.15) is 18.5 Å². The zero-order valence-electron chi connectivity index (χ0n) is 18.3. The molecular weight excluding hydrogens is 396 g/mol. The maximum Gasteiger partial charge on any atom is 0.308 e. The lowest BCUT2D eigenvalue weighted by atomic mass is 9.97. The number of hydrogen-bond donors (Lipinski definition) is 2. The van der Waals surface area contributed by atoms with Crippen LogP contribution in [0.5, 0.6) is 5.75 Å². The number of likely N-dealkylation sites (tertiary alicyclic amines) is 1. The van der Waals surface area contributed by atoms with Gasteiger partial charge in [-0.1, -0.05) is 12.1 Å². The van der Waals surface area contributed by atoms with E-state index >= 15 is 0 Å². The summed E-state index contributed by atoms with van der Waals surface area (Å²) in [6.07, 6.45) is 5.79. The lowest BCUT2D eigenvalue weighted by Gasteiger charge is -2.31. The zero-order valence-corrected chi connectivity index (χ0v) is 18.3. The summed E-state index contributed by atoms with van der Waals surface area (Å²) in [5.41, 5.74) is 1.19. The number of aromatic nitrogens is 2. The van der Waals surface area contributed by atoms with Crippen LogP contribution in [0.3, 0.4) is 0 Å². The van der Waals surface area contributed by atoms with Crippen molar-refractivity contribution in [2.75, 3.05) is 39.9 Å². The number of carbonyl (C=O) groups excluding carboxylic acids is 1. The van der Waals surface area contributed by atoms with E-state index in [-0.39, 0.29) is 18.5 Å². The van der Waals surface area contributed by atoms with Gasteiger partial charge in [-0.2, -0.15) is 5.10 Å². The Bertz CT molecular complexity index is 758. The van der Waals surface area contributed by atoms with E-state index in [4.69, 9.17) is 9.47 Å². The molecule has 1 aliphatic heterocycles. The highest BCUT2D eigenvalue weighted by Gasteiger charge is 2.26. The van der Waals surface area contributed by atoms with Crippen LogP contribution in [-0.2, 0) is 22.6 Å². The number of ether oxygens (including phenoxy) is 2. The summed E-state index contributed by atoms with van der Waals surface area (Å²) in [6, 6.07) is 9.90. The van der Waals surface area contributed by atoms with E-state index < -0.39 is 6.10 Å². The number of aryl methyl sites for hydroxylation is 1. The van der Waals surface area contributed by atoms with Crippen LogP contribution >= 0.6 is 0 Å². The minimum Gasteiger partial charge on any atom is -0.491 e. The molecule has 1 atom stereocenters. The number of hydrogen-bond acceptors (Lipinski definition) is 7. The second-order valence-corrected chi connectivity index (χ2v) is 8.01. The first-order chi connectivity index (χ1) is 15.1. The van der Waals surface area contributed by atoms with Crippen LogP contribution in [-0.4, -0.2) is 71.8 Å². The topological polar surface area (TPSA) is 88.9 Å². The van der Waals surface area contributed by atoms with E-state index in [1.54, 1.807) is 6.20 Å². The molecule has 1 aliphatic rings. The van der Waals surface area contributed by atoms with Gasteiger partial charge in [0, 0.05) is 32.0 Å². The number of aliphatic hydroxyl groups is 1. The SMILES string of the molecule is COC(=O)C1CCN(CC(O)COc2ccc(CNCCCn3cccn3)cc2)CC1. The molecule has 2 N–H and O–H groups in total. The summed E-state index contributed by atoms with van der Waals surface area (Å²) in [4.78, 5) is 13.8. The van der Waals surface area contributed by atoms with Gasteiger partial charge in [0.25, 0.3) is 0 Å². The van der Waals surface area contributed by atoms with Crippen LogP contribution in [0.15, 0.2) is 42.7 Å². The van der Waals surface area contributed by atoms with Gasteiger partial charge in [0.05, 0.1) is 13.0 Å². The van der Waals surface area contributed by atoms with Crippen LogP contribution in [0.2, 0.25) is 0 Å². The first-order valence-corrected chi connectivity index (χ1v) is 11.0. The Balaban J connectivity index is 1.27. The molecule has 2 aromatic rings. The second-order valence-electron chi connectivity index (χ2n) is 8.01. The minimum atomic E-state index is -0.564. The summed E-state index contributed by atoms with van der Waals surface area (Å²) in [7, 11) is 1.43. The molecule has 1 aromatic heterocycles. The molecule has 0 amide bonds. The predicted octanol–water partition coefficient (Wildman–Crippen LogP) is 1.69. The van der Waals surface area contributed by atoms with Crippen LogP contribution < -0.4 is 10.1 Å². The third kappa shape index (κ3) is 7.97. The summed E-state index contributed by atoms with van der Waals surface area (Å²) >= 11 is 0. The van der Waals surface area contributed by atoms with Crippen molar-refractivity contribution >= 4 is 5.97 Å². The zero-order chi connectivity index (χ0) is 21.9. The van der Waals surface area contributed by atoms with Gasteiger partial charge >= 0.3 is 5.97 Å². The number of esters is 1. The van der Waals surface area contributed by atoms with E-state index in [1.165, 1.54) is 12.7 Å². The standard InChI is InChI=1S/C23H34N4O4/c1-30-23(29)20-8-14-26(15-9-20)17-21(28)18-31-22-6-4-19(5-7-22)16-24-10-2-12-27-13-3-11-25-27/h3-7,11,13,20-21,24,28H,2,8-10,12,14-18H2,1H3. The maximum atomic E-state index is 11.6. The molecule has 1 fully saturated rings. The minimum absolute atomic E-state index is 0.0148. The van der Waals surface area contributed by atoms with E-state index in [2.05, 4.69) is 15.3 Å². The molecule has 1 aromatic carbocycles. The summed E-state index contributed by atoms with van der Waals surface area (Å²) in [5.74, 6) is 0.612. The maximum absolute atomic E-state index is 11.6. The van der Waals surface area contributed by atoms with Crippen molar-refractivity contribution < 1.29 is 19.4 Å². The van der Waals surface area contributed by atoms with Crippen LogP contribution in [0.4, 0.5) is 0 Å². The molecule has 2 heterocycles. The largest absolute Gasteiger partial charge is 0.491 e. The van der Waals surface area contributed by atoms with Crippen molar-refractivity contribution in [1.82, 2.24) is 20.0 Å². The van der Waals surface area contributed by atoms with Gasteiger partial charge in [0.2, 0.25) is 0 Å². The lowest BCUT2D eigenvalue weighted by Crippen LogP contribution is -2.42. The van der Waals surface area contributed by atoms with Crippen molar-refractivity contribution in [3.8, 4) is 5.75 Å². The fourth-order valence-electron chi connectivity index (χ4n) is 3.80. The molecule has 0 saturated carbocycles. The molecule has 8 nitrogen and oxygen atoms in total. The van der Waals surface area contributed by atoms with Crippen molar-refractivity contribution in [2.45, 2.75) is 38.5 Å². The number of nitrogens with zero attached hydrogens (tertiary/aromatic N) is 3. The number of rotatable bonds is 12. The van der Waals surface area contributed by atoms with E-state index in [9.17, 15) is 9.90 Å². The smallest absolute Gasteiger partial charge is 0.308 e. The number of aliphatic hydroxyl groups excluding tert-OH is 1. The van der Waals surface area contributed by atoms with E-state index in [0.717, 1.165) is 57.7 Å². The molecule has 3 rings (SSSR count). The number of nitrogens with one attached hydrogen (secondary N) is 1. The van der Waals surface area contributed by atoms with Crippen LogP contribution in [0.1, 0.15) is 24.8 Å². The van der Waals surface area contributed by atoms with Crippen LogP contribution in [0, 0.1) is 5.92 Å². The Hall–Kier alpha value is -2.42. The monoisotopic (exact) mass is 430 g/mol. The number of methoxy groups -OCH3 is 1. The third-order valence-corrected chi connectivity index (χ3v) is 5.59. The summed E-state index contributed by atoms with van der Waals surface area (Å²) in [5, 5.41) is 17.9. The molecule has 0 bridgehead atoms. The molecule has 31 heavy (non-hydrogen) atoms. The first-order valence-electron chi connectivity index (χ1n) is 11.0. The average molecular weight is 431 g/mol. The third-order valence-electron chi connectivity index (χ3n) is 5.59. The number of β-amino-alcohol motifs (C(OH)–C–C–N with tert-alkyl or cyclic N) is 1. The molecular formula is C23H34N4O4. The van der Waals surface area contributed by atoms with Crippen LogP contribution in [0.25, 0.3) is 0 Å². The Morgan fingerprint density at radius 3 is 2.74 bits per heavy atom. The Morgan fingerprint density at radius 1 is 1.29 bits per heavy atom. The van der Waals surface area contributed by atoms with Gasteiger partial charge in [-0.3, -0.25) is 9.48 Å². The normalized spacial score (nSPS) is 16.2. The Kier molecular flexibility index (Phi) is 9.33. The Morgan fingerprint density at radius 2 is 2.06 bits per heavy atom. The molecule has 8 heteroatoms. The fraction of sp³-hybridized carbons (Fsp3) is 0.565. The Labute approximate surface area is 184 Å². The van der Waals surface area contributed by atoms with Gasteiger partial charge in [-0.05, 0) is 62.7 Å². The van der Waals surface area contributed by atoms with Gasteiger partial charge in [-0.15, -0.1) is 0 Å². The van der Waals surface area contributed by atoms with Gasteiger partial charge in [-0.25, -0.2) is 0 Å². The van der Waals surface area contributed by atoms with Crippen molar-refractivity contribution in [3.63, 3.8) is 0 Å². The lowest BCUT2D eigenvalue weighted by molar-refractivity contribution is -0.147. The molecule has 1 saturated heterocycles. The quantitative estimate of drug-likeness (QED) is 0.391. The highest BCUT2D eigenvalue weighted by atomic mass is 16.5. The average Bonchev–Trinajstić information content (AvgIpc) is 3.32. The molecule has 1 unspecified atom stereocenters. The van der Waals surface area contributed by atoms with Crippen molar-refractivity contribution in [2.24, 2.45) is 5.92 Å². The molecule has 0 radical (unpaired) electrons. The van der Waals surface area contributed by atoms with Crippen molar-refractivity contribution in [3.05, 3.63) is 48.3 Å². The number of benzene rings is 1. The number of carbonyl (C=O) groups is 1. The molecule has 0 aliphatic carbocycles. The first kappa shape index (κ1) is 23.2. The number of piperidine rings is 1. The van der Waals surface area contributed by atoms with Gasteiger partial charge in [0.15, 0.2) is 0 Å². The molecule has 170 valence electrons. The molecule has 0 spiro atoms.